The number of halogens is 1. The van der Waals surface area contributed by atoms with Gasteiger partial charge in [-0.1, -0.05) is 22.0 Å². The molecule has 0 bridgehead atoms. The Kier molecular flexibility index (Phi) is 3.61. The second kappa shape index (κ2) is 5.16. The first-order valence-corrected chi connectivity index (χ1v) is 5.86. The summed E-state index contributed by atoms with van der Waals surface area (Å²) in [7, 11) is 0. The minimum absolute atomic E-state index is 0.502. The van der Waals surface area contributed by atoms with Crippen LogP contribution in [0.5, 0.6) is 11.6 Å². The molecule has 0 radical (unpaired) electrons. The lowest BCUT2D eigenvalue weighted by Crippen LogP contribution is -2.08. The van der Waals surface area contributed by atoms with Crippen LogP contribution in [0.1, 0.15) is 5.56 Å². The van der Waals surface area contributed by atoms with Gasteiger partial charge < -0.3 is 10.2 Å². The summed E-state index contributed by atoms with van der Waals surface area (Å²) >= 11 is 3.44. The predicted molar refractivity (Wildman–Crippen MR) is 71.0 cm³/mol. The summed E-state index contributed by atoms with van der Waals surface area (Å²) in [4.78, 5) is 4.17. The highest BCUT2D eigenvalue weighted by Gasteiger charge is 2.02. The number of hydrazine groups is 1. The summed E-state index contributed by atoms with van der Waals surface area (Å²) in [5.41, 5.74) is 3.58. The van der Waals surface area contributed by atoms with E-state index in [0.29, 0.717) is 11.7 Å². The van der Waals surface area contributed by atoms with Crippen molar-refractivity contribution < 1.29 is 4.74 Å². The molecule has 0 unspecified atom stereocenters. The number of rotatable bonds is 3. The number of nitrogens with two attached hydrogens (primary N) is 1. The van der Waals surface area contributed by atoms with Crippen LogP contribution in [-0.2, 0) is 0 Å². The van der Waals surface area contributed by atoms with Crippen LogP contribution in [0.15, 0.2) is 40.9 Å². The Balaban J connectivity index is 2.22. The minimum Gasteiger partial charge on any atom is -0.439 e. The molecule has 0 atom stereocenters. The van der Waals surface area contributed by atoms with E-state index in [0.717, 1.165) is 15.8 Å². The van der Waals surface area contributed by atoms with E-state index in [1.54, 1.807) is 12.1 Å². The molecule has 0 saturated carbocycles. The fourth-order valence-corrected chi connectivity index (χ4v) is 1.60. The highest BCUT2D eigenvalue weighted by molar-refractivity contribution is 9.10. The van der Waals surface area contributed by atoms with E-state index in [9.17, 15) is 0 Å². The van der Waals surface area contributed by atoms with Gasteiger partial charge >= 0.3 is 0 Å². The third-order valence-corrected chi connectivity index (χ3v) is 3.11. The maximum absolute atomic E-state index is 5.63. The molecule has 0 fully saturated rings. The number of ether oxygens (including phenoxy) is 1. The molecule has 1 heterocycles. The maximum Gasteiger partial charge on any atom is 0.221 e. The third-order valence-electron chi connectivity index (χ3n) is 2.22. The van der Waals surface area contributed by atoms with Crippen molar-refractivity contribution in [2.24, 2.45) is 5.84 Å². The Labute approximate surface area is 108 Å². The van der Waals surface area contributed by atoms with Gasteiger partial charge in [0.1, 0.15) is 11.6 Å². The van der Waals surface area contributed by atoms with Gasteiger partial charge in [0, 0.05) is 10.5 Å². The van der Waals surface area contributed by atoms with Crippen molar-refractivity contribution in [3.63, 3.8) is 0 Å². The maximum atomic E-state index is 5.63. The van der Waals surface area contributed by atoms with E-state index in [1.165, 1.54) is 0 Å². The van der Waals surface area contributed by atoms with Gasteiger partial charge in [-0.05, 0) is 36.8 Å². The molecule has 1 aromatic carbocycles. The van der Waals surface area contributed by atoms with Gasteiger partial charge in [-0.3, -0.25) is 0 Å². The van der Waals surface area contributed by atoms with Gasteiger partial charge in [0.05, 0.1) is 0 Å². The molecular formula is C12H12BrN3O. The van der Waals surface area contributed by atoms with Crippen molar-refractivity contribution in [2.75, 3.05) is 5.43 Å². The van der Waals surface area contributed by atoms with Crippen LogP contribution in [0, 0.1) is 6.92 Å². The lowest BCUT2D eigenvalue weighted by Gasteiger charge is -2.07. The summed E-state index contributed by atoms with van der Waals surface area (Å²) in [5, 5.41) is 0. The van der Waals surface area contributed by atoms with Gasteiger partial charge in [-0.2, -0.15) is 4.98 Å². The number of aryl methyl sites for hydroxylation is 1. The van der Waals surface area contributed by atoms with Gasteiger partial charge in [0.15, 0.2) is 0 Å². The highest BCUT2D eigenvalue weighted by Crippen LogP contribution is 2.25. The van der Waals surface area contributed by atoms with E-state index in [4.69, 9.17) is 10.6 Å². The molecule has 0 aliphatic carbocycles. The second-order valence-electron chi connectivity index (χ2n) is 3.52. The first kappa shape index (κ1) is 11.9. The Hall–Kier alpha value is -1.59. The van der Waals surface area contributed by atoms with Crippen LogP contribution in [-0.4, -0.2) is 4.98 Å². The van der Waals surface area contributed by atoms with Gasteiger partial charge in [-0.15, -0.1) is 0 Å². The number of anilines is 1. The molecule has 17 heavy (non-hydrogen) atoms. The van der Waals surface area contributed by atoms with Crippen molar-refractivity contribution in [2.45, 2.75) is 6.92 Å². The SMILES string of the molecule is Cc1cc(Oc2cccc(NN)n2)ccc1Br. The molecule has 0 amide bonds. The van der Waals surface area contributed by atoms with Crippen LogP contribution < -0.4 is 16.0 Å². The molecule has 0 saturated heterocycles. The molecule has 3 N–H and O–H groups in total. The zero-order valence-corrected chi connectivity index (χ0v) is 10.9. The predicted octanol–water partition coefficient (Wildman–Crippen LogP) is 3.23. The number of hydrogen-bond donors (Lipinski definition) is 2. The van der Waals surface area contributed by atoms with E-state index in [1.807, 2.05) is 31.2 Å². The lowest BCUT2D eigenvalue weighted by atomic mass is 10.2. The molecule has 0 spiro atoms. The molecule has 5 heteroatoms. The van der Waals surface area contributed by atoms with E-state index >= 15 is 0 Å². The quantitative estimate of drug-likeness (QED) is 0.674. The van der Waals surface area contributed by atoms with Crippen molar-refractivity contribution >= 4 is 21.7 Å². The summed E-state index contributed by atoms with van der Waals surface area (Å²) in [6.45, 7) is 2.00. The van der Waals surface area contributed by atoms with Crippen LogP contribution in [0.2, 0.25) is 0 Å². The van der Waals surface area contributed by atoms with Gasteiger partial charge in [0.25, 0.3) is 0 Å². The first-order valence-electron chi connectivity index (χ1n) is 5.07. The molecule has 88 valence electrons. The molecule has 0 aliphatic heterocycles. The number of nitrogens with zero attached hydrogens (tertiary/aromatic N) is 1. The van der Waals surface area contributed by atoms with Crippen LogP contribution in [0.4, 0.5) is 5.82 Å². The van der Waals surface area contributed by atoms with Gasteiger partial charge in [0.2, 0.25) is 5.88 Å². The normalized spacial score (nSPS) is 10.1. The molecular weight excluding hydrogens is 282 g/mol. The molecule has 2 aromatic rings. The van der Waals surface area contributed by atoms with Crippen LogP contribution >= 0.6 is 15.9 Å². The molecule has 0 aliphatic rings. The summed E-state index contributed by atoms with van der Waals surface area (Å²) in [5.74, 6) is 7.09. The Morgan fingerprint density at radius 1 is 1.29 bits per heavy atom. The fraction of sp³-hybridized carbons (Fsp3) is 0.0833. The lowest BCUT2D eigenvalue weighted by molar-refractivity contribution is 0.463. The average Bonchev–Trinajstić information content (AvgIpc) is 2.34. The van der Waals surface area contributed by atoms with Gasteiger partial charge in [-0.25, -0.2) is 5.84 Å². The number of aromatic nitrogens is 1. The monoisotopic (exact) mass is 293 g/mol. The number of benzene rings is 1. The minimum atomic E-state index is 0.502. The average molecular weight is 294 g/mol. The summed E-state index contributed by atoms with van der Waals surface area (Å²) in [6, 6.07) is 11.1. The van der Waals surface area contributed by atoms with E-state index in [-0.39, 0.29) is 0 Å². The first-order chi connectivity index (χ1) is 8.19. The fourth-order valence-electron chi connectivity index (χ4n) is 1.35. The topological polar surface area (TPSA) is 60.2 Å². The van der Waals surface area contributed by atoms with Crippen LogP contribution in [0.3, 0.4) is 0 Å². The standard InChI is InChI=1S/C12H12BrN3O/c1-8-7-9(5-6-10(8)13)17-12-4-2-3-11(15-12)16-14/h2-7H,14H2,1H3,(H,15,16). The summed E-state index contributed by atoms with van der Waals surface area (Å²) in [6.07, 6.45) is 0. The third kappa shape index (κ3) is 2.95. The zero-order chi connectivity index (χ0) is 12.3. The van der Waals surface area contributed by atoms with E-state index in [2.05, 4.69) is 26.3 Å². The highest BCUT2D eigenvalue weighted by atomic mass is 79.9. The van der Waals surface area contributed by atoms with Crippen molar-refractivity contribution in [1.82, 2.24) is 4.98 Å². The van der Waals surface area contributed by atoms with Crippen molar-refractivity contribution in [1.29, 1.82) is 0 Å². The number of nitrogen functional groups attached to an aromatic ring is 1. The molecule has 2 rings (SSSR count). The second-order valence-corrected chi connectivity index (χ2v) is 4.37. The zero-order valence-electron chi connectivity index (χ0n) is 9.27. The van der Waals surface area contributed by atoms with Crippen molar-refractivity contribution in [3.05, 3.63) is 46.4 Å². The number of pyridine rings is 1. The Morgan fingerprint density at radius 2 is 2.12 bits per heavy atom. The van der Waals surface area contributed by atoms with Crippen molar-refractivity contribution in [3.8, 4) is 11.6 Å². The Bertz CT molecular complexity index is 531. The number of nitrogens with one attached hydrogen (secondary N) is 1. The molecule has 4 nitrogen and oxygen atoms in total. The summed E-state index contributed by atoms with van der Waals surface area (Å²) < 4.78 is 6.68. The van der Waals surface area contributed by atoms with E-state index < -0.39 is 0 Å². The molecule has 1 aromatic heterocycles. The van der Waals surface area contributed by atoms with Crippen LogP contribution in [0.25, 0.3) is 0 Å². The smallest absolute Gasteiger partial charge is 0.221 e. The largest absolute Gasteiger partial charge is 0.439 e. The Morgan fingerprint density at radius 3 is 2.82 bits per heavy atom. The number of hydrogen-bond acceptors (Lipinski definition) is 4.